The van der Waals surface area contributed by atoms with Crippen molar-refractivity contribution in [1.82, 2.24) is 5.32 Å². The van der Waals surface area contributed by atoms with Crippen molar-refractivity contribution in [2.45, 2.75) is 33.2 Å². The van der Waals surface area contributed by atoms with Crippen LogP contribution in [0.1, 0.15) is 36.2 Å². The van der Waals surface area contributed by atoms with Crippen molar-refractivity contribution in [2.75, 3.05) is 0 Å². The minimum Gasteiger partial charge on any atom is -0.350 e. The zero-order valence-corrected chi connectivity index (χ0v) is 10.2. The van der Waals surface area contributed by atoms with Gasteiger partial charge in [0.1, 0.15) is 0 Å². The van der Waals surface area contributed by atoms with Gasteiger partial charge in [-0.05, 0) is 32.4 Å². The van der Waals surface area contributed by atoms with Gasteiger partial charge in [0.2, 0.25) is 0 Å². The van der Waals surface area contributed by atoms with Crippen molar-refractivity contribution in [3.63, 3.8) is 0 Å². The van der Waals surface area contributed by atoms with Crippen LogP contribution in [-0.2, 0) is 0 Å². The van der Waals surface area contributed by atoms with Gasteiger partial charge in [-0.2, -0.15) is 0 Å². The van der Waals surface area contributed by atoms with E-state index in [1.165, 1.54) is 18.2 Å². The van der Waals surface area contributed by atoms with Crippen molar-refractivity contribution in [2.24, 2.45) is 0 Å². The van der Waals surface area contributed by atoms with Crippen LogP contribution in [0, 0.1) is 17.0 Å². The maximum atomic E-state index is 11.8. The molecule has 17 heavy (non-hydrogen) atoms. The molecular formula is C12H16N2O3. The van der Waals surface area contributed by atoms with Crippen molar-refractivity contribution >= 4 is 11.6 Å². The number of nitrogens with zero attached hydrogens (tertiary/aromatic N) is 1. The molecule has 0 aliphatic carbocycles. The number of nitro groups is 1. The summed E-state index contributed by atoms with van der Waals surface area (Å²) in [6.07, 6.45) is 0.845. The normalized spacial score (nSPS) is 11.9. The topological polar surface area (TPSA) is 72.2 Å². The molecule has 1 aromatic carbocycles. The smallest absolute Gasteiger partial charge is 0.272 e. The summed E-state index contributed by atoms with van der Waals surface area (Å²) in [7, 11) is 0. The van der Waals surface area contributed by atoms with Crippen LogP contribution in [0.4, 0.5) is 5.69 Å². The highest BCUT2D eigenvalue weighted by Crippen LogP contribution is 2.18. The summed E-state index contributed by atoms with van der Waals surface area (Å²) >= 11 is 0. The first-order valence-corrected chi connectivity index (χ1v) is 5.51. The fraction of sp³-hybridized carbons (Fsp3) is 0.417. The molecule has 0 aromatic heterocycles. The van der Waals surface area contributed by atoms with E-state index >= 15 is 0 Å². The van der Waals surface area contributed by atoms with Crippen molar-refractivity contribution < 1.29 is 9.72 Å². The van der Waals surface area contributed by atoms with E-state index in [0.29, 0.717) is 11.1 Å². The van der Waals surface area contributed by atoms with Gasteiger partial charge in [0, 0.05) is 23.2 Å². The third kappa shape index (κ3) is 3.27. The third-order valence-corrected chi connectivity index (χ3v) is 2.65. The van der Waals surface area contributed by atoms with E-state index in [-0.39, 0.29) is 17.6 Å². The van der Waals surface area contributed by atoms with Crippen LogP contribution in [0.2, 0.25) is 0 Å². The molecule has 0 saturated carbocycles. The first-order chi connectivity index (χ1) is 7.95. The van der Waals surface area contributed by atoms with Gasteiger partial charge in [-0.1, -0.05) is 6.92 Å². The van der Waals surface area contributed by atoms with Gasteiger partial charge in [0.25, 0.3) is 11.6 Å². The molecule has 1 atom stereocenters. The Hall–Kier alpha value is -1.91. The van der Waals surface area contributed by atoms with Gasteiger partial charge in [-0.3, -0.25) is 14.9 Å². The van der Waals surface area contributed by atoms with Crippen LogP contribution in [0.3, 0.4) is 0 Å². The summed E-state index contributed by atoms with van der Waals surface area (Å²) in [5.41, 5.74) is 0.977. The Bertz CT molecular complexity index is 443. The Labute approximate surface area is 100.0 Å². The molecule has 1 N–H and O–H groups in total. The first-order valence-electron chi connectivity index (χ1n) is 5.51. The zero-order chi connectivity index (χ0) is 13.0. The average molecular weight is 236 g/mol. The lowest BCUT2D eigenvalue weighted by Gasteiger charge is -2.11. The molecule has 0 radical (unpaired) electrons. The Morgan fingerprint density at radius 1 is 1.53 bits per heavy atom. The maximum Gasteiger partial charge on any atom is 0.272 e. The molecule has 0 fully saturated rings. The Kier molecular flexibility index (Phi) is 4.20. The average Bonchev–Trinajstić information content (AvgIpc) is 2.28. The quantitative estimate of drug-likeness (QED) is 0.644. The lowest BCUT2D eigenvalue weighted by molar-refractivity contribution is -0.385. The molecule has 1 amide bonds. The van der Waals surface area contributed by atoms with Crippen molar-refractivity contribution in [1.29, 1.82) is 0 Å². The second kappa shape index (κ2) is 5.43. The Balaban J connectivity index is 2.90. The number of amides is 1. The Morgan fingerprint density at radius 3 is 2.65 bits per heavy atom. The molecule has 0 bridgehead atoms. The molecule has 0 saturated heterocycles. The Morgan fingerprint density at radius 2 is 2.18 bits per heavy atom. The predicted octanol–water partition coefficient (Wildman–Crippen LogP) is 2.43. The molecule has 0 spiro atoms. The van der Waals surface area contributed by atoms with Gasteiger partial charge in [0.15, 0.2) is 0 Å². The SMILES string of the molecule is CC[C@@H](C)NC(=O)c1ccc([N+](=O)[O-])c(C)c1. The number of hydrogen-bond acceptors (Lipinski definition) is 3. The highest BCUT2D eigenvalue weighted by atomic mass is 16.6. The van der Waals surface area contributed by atoms with E-state index < -0.39 is 4.92 Å². The van der Waals surface area contributed by atoms with Gasteiger partial charge in [0.05, 0.1) is 4.92 Å². The van der Waals surface area contributed by atoms with Crippen LogP contribution < -0.4 is 5.32 Å². The van der Waals surface area contributed by atoms with Gasteiger partial charge >= 0.3 is 0 Å². The lowest BCUT2D eigenvalue weighted by Crippen LogP contribution is -2.31. The van der Waals surface area contributed by atoms with E-state index in [1.807, 2.05) is 13.8 Å². The standard InChI is InChI=1S/C12H16N2O3/c1-4-9(3)13-12(15)10-5-6-11(14(16)17)8(2)7-10/h5-7,9H,4H2,1-3H3,(H,13,15)/t9-/m1/s1. The summed E-state index contributed by atoms with van der Waals surface area (Å²) in [4.78, 5) is 21.9. The van der Waals surface area contributed by atoms with E-state index in [9.17, 15) is 14.9 Å². The molecule has 0 aliphatic rings. The second-order valence-electron chi connectivity index (χ2n) is 4.04. The number of aryl methyl sites for hydroxylation is 1. The van der Waals surface area contributed by atoms with Crippen molar-refractivity contribution in [3.8, 4) is 0 Å². The molecule has 0 heterocycles. The summed E-state index contributed by atoms with van der Waals surface area (Å²) in [6.45, 7) is 5.51. The number of carbonyl (C=O) groups excluding carboxylic acids is 1. The molecule has 1 rings (SSSR count). The van der Waals surface area contributed by atoms with Gasteiger partial charge < -0.3 is 5.32 Å². The second-order valence-corrected chi connectivity index (χ2v) is 4.04. The number of rotatable bonds is 4. The molecule has 92 valence electrons. The van der Waals surface area contributed by atoms with E-state index in [2.05, 4.69) is 5.32 Å². The highest BCUT2D eigenvalue weighted by molar-refractivity contribution is 5.94. The summed E-state index contributed by atoms with van der Waals surface area (Å²) in [6, 6.07) is 4.47. The molecule has 0 aliphatic heterocycles. The van der Waals surface area contributed by atoms with Crippen LogP contribution in [0.15, 0.2) is 18.2 Å². The minimum atomic E-state index is -0.453. The highest BCUT2D eigenvalue weighted by Gasteiger charge is 2.14. The number of hydrogen-bond donors (Lipinski definition) is 1. The fourth-order valence-electron chi connectivity index (χ4n) is 1.41. The number of nitrogens with one attached hydrogen (secondary N) is 1. The molecular weight excluding hydrogens is 220 g/mol. The van der Waals surface area contributed by atoms with E-state index in [1.54, 1.807) is 6.92 Å². The van der Waals surface area contributed by atoms with Gasteiger partial charge in [-0.25, -0.2) is 0 Å². The molecule has 0 unspecified atom stereocenters. The largest absolute Gasteiger partial charge is 0.350 e. The summed E-state index contributed by atoms with van der Waals surface area (Å²) < 4.78 is 0. The minimum absolute atomic E-state index is 0.0325. The fourth-order valence-corrected chi connectivity index (χ4v) is 1.41. The number of nitro benzene ring substituents is 1. The van der Waals surface area contributed by atoms with Gasteiger partial charge in [-0.15, -0.1) is 0 Å². The maximum absolute atomic E-state index is 11.8. The number of benzene rings is 1. The zero-order valence-electron chi connectivity index (χ0n) is 10.2. The van der Waals surface area contributed by atoms with Crippen molar-refractivity contribution in [3.05, 3.63) is 39.4 Å². The lowest BCUT2D eigenvalue weighted by atomic mass is 10.1. The monoisotopic (exact) mass is 236 g/mol. The first kappa shape index (κ1) is 13.2. The van der Waals surface area contributed by atoms with Crippen LogP contribution in [0.25, 0.3) is 0 Å². The van der Waals surface area contributed by atoms with Crippen LogP contribution in [-0.4, -0.2) is 16.9 Å². The molecule has 1 aromatic rings. The van der Waals surface area contributed by atoms with E-state index in [4.69, 9.17) is 0 Å². The predicted molar refractivity (Wildman–Crippen MR) is 65.1 cm³/mol. The van der Waals surface area contributed by atoms with Crippen LogP contribution in [0.5, 0.6) is 0 Å². The summed E-state index contributed by atoms with van der Waals surface area (Å²) in [5, 5.41) is 13.4. The molecule has 5 heteroatoms. The third-order valence-electron chi connectivity index (χ3n) is 2.65. The van der Waals surface area contributed by atoms with Crippen LogP contribution >= 0.6 is 0 Å². The summed E-state index contributed by atoms with van der Waals surface area (Å²) in [5.74, 6) is -0.197. The molecule has 5 nitrogen and oxygen atoms in total. The van der Waals surface area contributed by atoms with E-state index in [0.717, 1.165) is 6.42 Å². The number of carbonyl (C=O) groups is 1.